The lowest BCUT2D eigenvalue weighted by atomic mass is 9.79. The number of nitrogens with zero attached hydrogens (tertiary/aromatic N) is 2. The average molecular weight is 204 g/mol. The van der Waals surface area contributed by atoms with Crippen LogP contribution in [0.5, 0.6) is 0 Å². The summed E-state index contributed by atoms with van der Waals surface area (Å²) in [7, 11) is 0.143. The van der Waals surface area contributed by atoms with Crippen LogP contribution in [-0.4, -0.2) is 33.0 Å². The summed E-state index contributed by atoms with van der Waals surface area (Å²) >= 11 is 0. The van der Waals surface area contributed by atoms with Gasteiger partial charge >= 0.3 is 7.12 Å². The first-order valence-electron chi connectivity index (χ1n) is 4.41. The topological polar surface area (TPSA) is 75.4 Å². The number of aromatic nitrogens is 2. The Balaban J connectivity index is 2.81. The molecule has 2 rings (SSSR count). The standard InChI is InChI=1S/C9H9BN2O3/c1-12-6(5-13)4-7-8(10(14)15)2-3-11-9(7)12/h2-5,14-15H,1H3. The highest BCUT2D eigenvalue weighted by Gasteiger charge is 2.17. The van der Waals surface area contributed by atoms with Gasteiger partial charge in [-0.15, -0.1) is 0 Å². The van der Waals surface area contributed by atoms with E-state index in [4.69, 9.17) is 10.0 Å². The van der Waals surface area contributed by atoms with E-state index in [0.717, 1.165) is 0 Å². The molecule has 15 heavy (non-hydrogen) atoms. The lowest BCUT2D eigenvalue weighted by molar-refractivity contribution is 0.111. The Morgan fingerprint density at radius 2 is 2.27 bits per heavy atom. The fourth-order valence-corrected chi connectivity index (χ4v) is 1.60. The number of aryl methyl sites for hydroxylation is 1. The normalized spacial score (nSPS) is 10.6. The fraction of sp³-hybridized carbons (Fsp3) is 0.111. The van der Waals surface area contributed by atoms with Crippen molar-refractivity contribution in [1.29, 1.82) is 0 Å². The van der Waals surface area contributed by atoms with Crippen LogP contribution in [0.15, 0.2) is 18.3 Å². The summed E-state index contributed by atoms with van der Waals surface area (Å²) in [4.78, 5) is 14.8. The summed E-state index contributed by atoms with van der Waals surface area (Å²) in [6.45, 7) is 0. The van der Waals surface area contributed by atoms with E-state index in [1.807, 2.05) is 0 Å². The second-order valence-corrected chi connectivity index (χ2v) is 3.26. The maximum absolute atomic E-state index is 10.7. The van der Waals surface area contributed by atoms with Gasteiger partial charge < -0.3 is 14.6 Å². The number of carbonyl (C=O) groups excluding carboxylic acids is 1. The van der Waals surface area contributed by atoms with Gasteiger partial charge in [-0.1, -0.05) is 0 Å². The fourth-order valence-electron chi connectivity index (χ4n) is 1.60. The molecule has 2 heterocycles. The molecule has 0 bridgehead atoms. The van der Waals surface area contributed by atoms with Crippen molar-refractivity contribution in [3.05, 3.63) is 24.0 Å². The summed E-state index contributed by atoms with van der Waals surface area (Å²) in [5, 5.41) is 18.8. The van der Waals surface area contributed by atoms with Crippen molar-refractivity contribution >= 4 is 29.9 Å². The number of rotatable bonds is 2. The number of aldehydes is 1. The molecule has 0 amide bonds. The summed E-state index contributed by atoms with van der Waals surface area (Å²) in [5.41, 5.74) is 1.36. The number of hydrogen-bond donors (Lipinski definition) is 2. The molecular weight excluding hydrogens is 195 g/mol. The van der Waals surface area contributed by atoms with Gasteiger partial charge in [0.2, 0.25) is 0 Å². The molecule has 2 aromatic rings. The van der Waals surface area contributed by atoms with Crippen LogP contribution in [0.4, 0.5) is 0 Å². The molecule has 0 atom stereocenters. The first kappa shape index (κ1) is 9.88. The Labute approximate surface area is 86.1 Å². The monoisotopic (exact) mass is 204 g/mol. The molecule has 0 aliphatic rings. The predicted octanol–water partition coefficient (Wildman–Crippen LogP) is -0.934. The van der Waals surface area contributed by atoms with E-state index in [0.29, 0.717) is 28.5 Å². The predicted molar refractivity (Wildman–Crippen MR) is 55.9 cm³/mol. The van der Waals surface area contributed by atoms with Crippen LogP contribution in [0, 0.1) is 0 Å². The third-order valence-electron chi connectivity index (χ3n) is 2.40. The molecule has 0 aromatic carbocycles. The molecule has 0 aliphatic carbocycles. The largest absolute Gasteiger partial charge is 0.489 e. The first-order valence-corrected chi connectivity index (χ1v) is 4.41. The van der Waals surface area contributed by atoms with Crippen LogP contribution >= 0.6 is 0 Å². The number of hydrogen-bond acceptors (Lipinski definition) is 4. The zero-order valence-corrected chi connectivity index (χ0v) is 8.08. The van der Waals surface area contributed by atoms with Crippen molar-refractivity contribution < 1.29 is 14.8 Å². The Morgan fingerprint density at radius 3 is 2.87 bits per heavy atom. The lowest BCUT2D eigenvalue weighted by Gasteiger charge is -2.01. The summed E-state index contributed by atoms with van der Waals surface area (Å²) in [5.74, 6) is 0. The smallest absolute Gasteiger partial charge is 0.423 e. The third kappa shape index (κ3) is 1.43. The van der Waals surface area contributed by atoms with Crippen molar-refractivity contribution in [2.75, 3.05) is 0 Å². The van der Waals surface area contributed by atoms with Gasteiger partial charge in [-0.2, -0.15) is 0 Å². The number of fused-ring (bicyclic) bond motifs is 1. The zero-order chi connectivity index (χ0) is 11.0. The Hall–Kier alpha value is -1.66. The minimum Gasteiger partial charge on any atom is -0.423 e. The molecule has 0 spiro atoms. The second kappa shape index (κ2) is 3.49. The summed E-state index contributed by atoms with van der Waals surface area (Å²) < 4.78 is 1.61. The molecule has 2 aromatic heterocycles. The van der Waals surface area contributed by atoms with E-state index in [1.165, 1.54) is 12.3 Å². The van der Waals surface area contributed by atoms with Gasteiger partial charge in [-0.3, -0.25) is 4.79 Å². The van der Waals surface area contributed by atoms with E-state index in [-0.39, 0.29) is 0 Å². The molecule has 0 fully saturated rings. The minimum absolute atomic E-state index is 0.351. The van der Waals surface area contributed by atoms with Crippen molar-refractivity contribution in [3.8, 4) is 0 Å². The van der Waals surface area contributed by atoms with Gasteiger partial charge in [0.25, 0.3) is 0 Å². The second-order valence-electron chi connectivity index (χ2n) is 3.26. The lowest BCUT2D eigenvalue weighted by Crippen LogP contribution is -2.30. The number of pyridine rings is 1. The van der Waals surface area contributed by atoms with Gasteiger partial charge in [-0.25, -0.2) is 4.98 Å². The van der Waals surface area contributed by atoms with Crippen LogP contribution in [-0.2, 0) is 7.05 Å². The van der Waals surface area contributed by atoms with E-state index in [1.54, 1.807) is 17.7 Å². The van der Waals surface area contributed by atoms with Crippen LogP contribution in [0.2, 0.25) is 0 Å². The molecule has 0 saturated heterocycles. The highest BCUT2D eigenvalue weighted by Crippen LogP contribution is 2.13. The molecule has 6 heteroatoms. The van der Waals surface area contributed by atoms with E-state index < -0.39 is 7.12 Å². The van der Waals surface area contributed by atoms with E-state index in [9.17, 15) is 4.79 Å². The minimum atomic E-state index is -1.56. The molecule has 0 radical (unpaired) electrons. The summed E-state index contributed by atoms with van der Waals surface area (Å²) in [6.07, 6.45) is 2.18. The molecule has 2 N–H and O–H groups in total. The molecule has 5 nitrogen and oxygen atoms in total. The van der Waals surface area contributed by atoms with Gasteiger partial charge in [0.15, 0.2) is 6.29 Å². The maximum atomic E-state index is 10.7. The molecule has 76 valence electrons. The van der Waals surface area contributed by atoms with Crippen LogP contribution < -0.4 is 5.46 Å². The highest BCUT2D eigenvalue weighted by atomic mass is 16.4. The van der Waals surface area contributed by atoms with Crippen molar-refractivity contribution in [2.45, 2.75) is 0 Å². The molecule has 0 unspecified atom stereocenters. The third-order valence-corrected chi connectivity index (χ3v) is 2.40. The first-order chi connectivity index (χ1) is 7.15. The zero-order valence-electron chi connectivity index (χ0n) is 8.08. The van der Waals surface area contributed by atoms with E-state index >= 15 is 0 Å². The van der Waals surface area contributed by atoms with Crippen molar-refractivity contribution in [2.24, 2.45) is 7.05 Å². The summed E-state index contributed by atoms with van der Waals surface area (Å²) in [6, 6.07) is 3.10. The van der Waals surface area contributed by atoms with Gasteiger partial charge in [0, 0.05) is 18.6 Å². The van der Waals surface area contributed by atoms with Gasteiger partial charge in [0.05, 0.1) is 5.69 Å². The van der Waals surface area contributed by atoms with E-state index in [2.05, 4.69) is 4.98 Å². The molecular formula is C9H9BN2O3. The van der Waals surface area contributed by atoms with Gasteiger partial charge in [-0.05, 0) is 17.6 Å². The average Bonchev–Trinajstić information content (AvgIpc) is 2.55. The highest BCUT2D eigenvalue weighted by molar-refractivity contribution is 6.61. The van der Waals surface area contributed by atoms with Crippen LogP contribution in [0.25, 0.3) is 11.0 Å². The molecule has 0 aliphatic heterocycles. The Bertz CT molecular complexity index is 521. The quantitative estimate of drug-likeness (QED) is 0.489. The maximum Gasteiger partial charge on any atom is 0.489 e. The SMILES string of the molecule is Cn1c(C=O)cc2c(B(O)O)ccnc21. The Morgan fingerprint density at radius 1 is 1.53 bits per heavy atom. The number of carbonyl (C=O) groups is 1. The van der Waals surface area contributed by atoms with Crippen LogP contribution in [0.3, 0.4) is 0 Å². The van der Waals surface area contributed by atoms with Gasteiger partial charge in [0.1, 0.15) is 5.65 Å². The Kier molecular flexibility index (Phi) is 2.30. The van der Waals surface area contributed by atoms with Crippen LogP contribution in [0.1, 0.15) is 10.5 Å². The van der Waals surface area contributed by atoms with Crippen molar-refractivity contribution in [1.82, 2.24) is 9.55 Å². The van der Waals surface area contributed by atoms with Crippen molar-refractivity contribution in [3.63, 3.8) is 0 Å². The molecule has 0 saturated carbocycles.